The first-order valence-corrected chi connectivity index (χ1v) is 13.2. The van der Waals surface area contributed by atoms with Gasteiger partial charge in [0.05, 0.1) is 12.0 Å². The number of hydrogen-bond acceptors (Lipinski definition) is 6. The number of carbonyl (C=O) groups excluding carboxylic acids is 2. The minimum absolute atomic E-state index is 0.00318. The zero-order chi connectivity index (χ0) is 25.8. The van der Waals surface area contributed by atoms with E-state index in [1.165, 1.54) is 11.4 Å². The van der Waals surface area contributed by atoms with Gasteiger partial charge in [0, 0.05) is 13.1 Å². The van der Waals surface area contributed by atoms with E-state index in [0.717, 1.165) is 11.1 Å². The monoisotopic (exact) mass is 504 g/mol. The van der Waals surface area contributed by atoms with E-state index in [2.05, 4.69) is 5.32 Å². The number of nitrogens with one attached hydrogen (secondary N) is 1. The minimum Gasteiger partial charge on any atom is -0.468 e. The lowest BCUT2D eigenvalue weighted by Crippen LogP contribution is -2.47. The smallest absolute Gasteiger partial charge is 0.407 e. The summed E-state index contributed by atoms with van der Waals surface area (Å²) in [6, 6.07) is 15.0. The highest BCUT2D eigenvalue weighted by Gasteiger charge is 2.36. The van der Waals surface area contributed by atoms with E-state index >= 15 is 0 Å². The Morgan fingerprint density at radius 3 is 2.26 bits per heavy atom. The Morgan fingerprint density at radius 2 is 1.66 bits per heavy atom. The van der Waals surface area contributed by atoms with Crippen LogP contribution in [0, 0.1) is 12.8 Å². The SMILES string of the molecule is COC(=O)[C@H](CCCCNC(=O)OCc1ccccc1)N(CC(C)C)S(=O)(=O)c1ccc(C)cc1. The molecule has 0 radical (unpaired) electrons. The van der Waals surface area contributed by atoms with Crippen LogP contribution in [0.2, 0.25) is 0 Å². The highest BCUT2D eigenvalue weighted by Crippen LogP contribution is 2.23. The highest BCUT2D eigenvalue weighted by molar-refractivity contribution is 7.89. The van der Waals surface area contributed by atoms with E-state index in [9.17, 15) is 18.0 Å². The van der Waals surface area contributed by atoms with E-state index in [1.807, 2.05) is 51.1 Å². The maximum Gasteiger partial charge on any atom is 0.407 e. The number of benzene rings is 2. The van der Waals surface area contributed by atoms with Crippen molar-refractivity contribution in [1.29, 1.82) is 0 Å². The minimum atomic E-state index is -3.91. The van der Waals surface area contributed by atoms with Crippen molar-refractivity contribution in [3.8, 4) is 0 Å². The molecule has 0 bridgehead atoms. The van der Waals surface area contributed by atoms with Gasteiger partial charge in [-0.3, -0.25) is 4.79 Å². The molecule has 2 aromatic rings. The Bertz CT molecular complexity index is 1040. The first-order valence-electron chi connectivity index (χ1n) is 11.8. The molecule has 0 aliphatic rings. The molecule has 0 saturated heterocycles. The summed E-state index contributed by atoms with van der Waals surface area (Å²) in [5, 5.41) is 2.68. The second-order valence-corrected chi connectivity index (χ2v) is 10.7. The van der Waals surface area contributed by atoms with Gasteiger partial charge in [0.1, 0.15) is 12.6 Å². The number of hydrogen-bond donors (Lipinski definition) is 1. The third kappa shape index (κ3) is 8.99. The van der Waals surface area contributed by atoms with E-state index in [4.69, 9.17) is 9.47 Å². The van der Waals surface area contributed by atoms with Crippen molar-refractivity contribution in [3.05, 3.63) is 65.7 Å². The molecule has 2 aromatic carbocycles. The molecule has 9 heteroatoms. The van der Waals surface area contributed by atoms with Gasteiger partial charge in [-0.2, -0.15) is 4.31 Å². The number of ether oxygens (including phenoxy) is 2. The number of unbranched alkanes of at least 4 members (excludes halogenated alkanes) is 1. The van der Waals surface area contributed by atoms with Gasteiger partial charge in [-0.05, 0) is 49.8 Å². The molecule has 1 amide bonds. The number of sulfonamides is 1. The number of amides is 1. The molecule has 0 aliphatic carbocycles. The van der Waals surface area contributed by atoms with Crippen molar-refractivity contribution in [3.63, 3.8) is 0 Å². The molecular weight excluding hydrogens is 468 g/mol. The van der Waals surface area contributed by atoms with Crippen LogP contribution in [0.5, 0.6) is 0 Å². The quantitative estimate of drug-likeness (QED) is 0.323. The summed E-state index contributed by atoms with van der Waals surface area (Å²) < 4.78 is 38.3. The number of rotatable bonds is 13. The summed E-state index contributed by atoms with van der Waals surface area (Å²) in [6.45, 7) is 6.38. The average Bonchev–Trinajstić information content (AvgIpc) is 2.84. The summed E-state index contributed by atoms with van der Waals surface area (Å²) in [4.78, 5) is 24.7. The summed E-state index contributed by atoms with van der Waals surface area (Å²) >= 11 is 0. The molecule has 35 heavy (non-hydrogen) atoms. The third-order valence-corrected chi connectivity index (χ3v) is 7.27. The Balaban J connectivity index is 1.98. The predicted molar refractivity (Wildman–Crippen MR) is 134 cm³/mol. The van der Waals surface area contributed by atoms with Crippen molar-refractivity contribution in [2.75, 3.05) is 20.2 Å². The van der Waals surface area contributed by atoms with Crippen LogP contribution in [0.25, 0.3) is 0 Å². The second-order valence-electron chi connectivity index (χ2n) is 8.80. The Morgan fingerprint density at radius 1 is 1.00 bits per heavy atom. The number of esters is 1. The fourth-order valence-electron chi connectivity index (χ4n) is 3.54. The molecule has 0 fully saturated rings. The Hall–Kier alpha value is -2.91. The van der Waals surface area contributed by atoms with Crippen molar-refractivity contribution in [1.82, 2.24) is 9.62 Å². The number of aryl methyl sites for hydroxylation is 1. The van der Waals surface area contributed by atoms with Crippen LogP contribution >= 0.6 is 0 Å². The first-order chi connectivity index (χ1) is 16.6. The van der Waals surface area contributed by atoms with Gasteiger partial charge < -0.3 is 14.8 Å². The van der Waals surface area contributed by atoms with Crippen LogP contribution in [0.1, 0.15) is 44.2 Å². The molecule has 1 atom stereocenters. The molecule has 0 spiro atoms. The van der Waals surface area contributed by atoms with Crippen LogP contribution < -0.4 is 5.32 Å². The molecule has 0 aliphatic heterocycles. The van der Waals surface area contributed by atoms with Crippen molar-refractivity contribution < 1.29 is 27.5 Å². The van der Waals surface area contributed by atoms with E-state index in [0.29, 0.717) is 19.4 Å². The molecule has 8 nitrogen and oxygen atoms in total. The molecule has 2 rings (SSSR count). The lowest BCUT2D eigenvalue weighted by Gasteiger charge is -2.30. The van der Waals surface area contributed by atoms with Gasteiger partial charge in [-0.25, -0.2) is 13.2 Å². The van der Waals surface area contributed by atoms with Gasteiger partial charge in [0.15, 0.2) is 0 Å². The van der Waals surface area contributed by atoms with E-state index in [1.54, 1.807) is 24.3 Å². The molecular formula is C26H36N2O6S. The standard InChI is InChI=1S/C26H36N2O6S/c1-20(2)18-28(35(31,32)23-15-13-21(3)14-16-23)24(25(29)33-4)12-8-9-17-27-26(30)34-19-22-10-6-5-7-11-22/h5-7,10-11,13-16,20,24H,8-9,12,17-19H2,1-4H3,(H,27,30)/t24-/m0/s1. The molecule has 0 unspecified atom stereocenters. The Labute approximate surface area is 208 Å². The summed E-state index contributed by atoms with van der Waals surface area (Å²) in [7, 11) is -2.66. The third-order valence-electron chi connectivity index (χ3n) is 5.38. The van der Waals surface area contributed by atoms with Gasteiger partial charge >= 0.3 is 12.1 Å². The largest absolute Gasteiger partial charge is 0.468 e. The highest BCUT2D eigenvalue weighted by atomic mass is 32.2. The summed E-state index contributed by atoms with van der Waals surface area (Å²) in [5.41, 5.74) is 1.84. The van der Waals surface area contributed by atoms with Crippen LogP contribution in [0.15, 0.2) is 59.5 Å². The molecule has 192 valence electrons. The maximum atomic E-state index is 13.5. The van der Waals surface area contributed by atoms with Crippen LogP contribution in [0.3, 0.4) is 0 Å². The van der Waals surface area contributed by atoms with Gasteiger partial charge in [-0.1, -0.05) is 61.9 Å². The van der Waals surface area contributed by atoms with Crippen LogP contribution in [-0.4, -0.2) is 51.0 Å². The maximum absolute atomic E-state index is 13.5. The zero-order valence-electron chi connectivity index (χ0n) is 20.9. The number of alkyl carbamates (subject to hydrolysis) is 1. The normalized spacial score (nSPS) is 12.4. The topological polar surface area (TPSA) is 102 Å². The number of nitrogens with zero attached hydrogens (tertiary/aromatic N) is 1. The van der Waals surface area contributed by atoms with Crippen molar-refractivity contribution in [2.24, 2.45) is 5.92 Å². The lowest BCUT2D eigenvalue weighted by molar-refractivity contribution is -0.145. The van der Waals surface area contributed by atoms with Crippen molar-refractivity contribution in [2.45, 2.75) is 57.6 Å². The van der Waals surface area contributed by atoms with E-state index in [-0.39, 0.29) is 30.4 Å². The van der Waals surface area contributed by atoms with Crippen LogP contribution in [-0.2, 0) is 30.9 Å². The first kappa shape index (κ1) is 28.3. The van der Waals surface area contributed by atoms with Gasteiger partial charge in [0.2, 0.25) is 10.0 Å². The fourth-order valence-corrected chi connectivity index (χ4v) is 5.31. The molecule has 1 N–H and O–H groups in total. The molecule has 0 aromatic heterocycles. The van der Waals surface area contributed by atoms with Crippen molar-refractivity contribution >= 4 is 22.1 Å². The fraction of sp³-hybridized carbons (Fsp3) is 0.462. The summed E-state index contributed by atoms with van der Waals surface area (Å²) in [6.07, 6.45) is 0.803. The van der Waals surface area contributed by atoms with Crippen LogP contribution in [0.4, 0.5) is 4.79 Å². The lowest BCUT2D eigenvalue weighted by atomic mass is 10.1. The van der Waals surface area contributed by atoms with Gasteiger partial charge in [-0.15, -0.1) is 0 Å². The average molecular weight is 505 g/mol. The Kier molecular flexibility index (Phi) is 11.2. The number of carbonyl (C=O) groups is 2. The van der Waals surface area contributed by atoms with Gasteiger partial charge in [0.25, 0.3) is 0 Å². The number of methoxy groups -OCH3 is 1. The molecule has 0 saturated carbocycles. The predicted octanol–water partition coefficient (Wildman–Crippen LogP) is 4.28. The molecule has 0 heterocycles. The van der Waals surface area contributed by atoms with E-state index < -0.39 is 28.1 Å². The summed E-state index contributed by atoms with van der Waals surface area (Å²) in [5.74, 6) is -0.597. The zero-order valence-corrected chi connectivity index (χ0v) is 21.7. The second kappa shape index (κ2) is 13.8.